The van der Waals surface area contributed by atoms with Crippen LogP contribution < -0.4 is 0 Å². The van der Waals surface area contributed by atoms with Crippen LogP contribution >= 0.6 is 0 Å². The Hall–Kier alpha value is -5.52. The summed E-state index contributed by atoms with van der Waals surface area (Å²) >= 11 is 0. The van der Waals surface area contributed by atoms with E-state index in [0.29, 0.717) is 5.56 Å². The van der Waals surface area contributed by atoms with Gasteiger partial charge in [0.25, 0.3) is 0 Å². The molecule has 0 amide bonds. The van der Waals surface area contributed by atoms with Crippen molar-refractivity contribution >= 4 is 27.2 Å². The molecule has 0 aliphatic carbocycles. The van der Waals surface area contributed by atoms with Gasteiger partial charge < -0.3 is 0 Å². The average Bonchev–Trinajstić information content (AvgIpc) is 3.03. The Morgan fingerprint density at radius 3 is 1.37 bits per heavy atom. The molecule has 0 radical (unpaired) electrons. The van der Waals surface area contributed by atoms with Gasteiger partial charge in [0, 0.05) is 0 Å². The topological polar surface area (TPSA) is 4.36 Å². The molecule has 0 saturated carbocycles. The predicted molar refractivity (Wildman–Crippen MR) is 169 cm³/mol. The lowest BCUT2D eigenvalue weighted by molar-refractivity contribution is 0.629. The molecule has 0 aliphatic rings. The Bertz CT molecular complexity index is 1990. The summed E-state index contributed by atoms with van der Waals surface area (Å²) in [6.07, 6.45) is 0. The van der Waals surface area contributed by atoms with Gasteiger partial charge in [-0.1, -0.05) is 127 Å². The van der Waals surface area contributed by atoms with Gasteiger partial charge in [0.05, 0.1) is 6.57 Å². The van der Waals surface area contributed by atoms with E-state index in [0.717, 1.165) is 60.5 Å². The summed E-state index contributed by atoms with van der Waals surface area (Å²) in [6, 6.07) is 48.9. The number of benzene rings is 7. The third kappa shape index (κ3) is 4.25. The number of hydrogen-bond donors (Lipinski definition) is 0. The molecule has 7 aromatic carbocycles. The second-order valence-electron chi connectivity index (χ2n) is 10.1. The first-order valence-electron chi connectivity index (χ1n) is 13.6. The van der Waals surface area contributed by atoms with Gasteiger partial charge in [0.2, 0.25) is 0 Å². The van der Waals surface area contributed by atoms with Crippen LogP contribution in [-0.2, 0) is 0 Å². The Kier molecular flexibility index (Phi) is 6.11. The smallest absolute Gasteiger partial charge is 0.190 e. The lowest BCUT2D eigenvalue weighted by Crippen LogP contribution is -1.95. The van der Waals surface area contributed by atoms with Crippen LogP contribution in [0.3, 0.4) is 0 Å². The molecule has 2 heteroatoms. The van der Waals surface area contributed by atoms with Crippen molar-refractivity contribution < 1.29 is 4.39 Å². The molecule has 0 aliphatic heterocycles. The van der Waals surface area contributed by atoms with Crippen molar-refractivity contribution in [3.8, 4) is 44.5 Å². The van der Waals surface area contributed by atoms with Crippen molar-refractivity contribution in [1.29, 1.82) is 0 Å². The van der Waals surface area contributed by atoms with Gasteiger partial charge in [-0.05, 0) is 84.3 Å². The molecule has 1 nitrogen and oxygen atoms in total. The Balaban J connectivity index is 1.68. The number of hydrogen-bond acceptors (Lipinski definition) is 0. The van der Waals surface area contributed by atoms with Gasteiger partial charge in [-0.15, -0.1) is 0 Å². The maximum Gasteiger partial charge on any atom is 0.190 e. The molecule has 41 heavy (non-hydrogen) atoms. The first-order chi connectivity index (χ1) is 20.2. The zero-order valence-electron chi connectivity index (χ0n) is 22.2. The van der Waals surface area contributed by atoms with Gasteiger partial charge in [-0.25, -0.2) is 9.24 Å². The number of fused-ring (bicyclic) bond motifs is 2. The molecule has 0 unspecified atom stereocenters. The highest BCUT2D eigenvalue weighted by Gasteiger charge is 2.22. The highest BCUT2D eigenvalue weighted by molar-refractivity contribution is 6.23. The van der Waals surface area contributed by atoms with E-state index in [4.69, 9.17) is 6.57 Å². The molecule has 0 N–H and O–H groups in total. The summed E-state index contributed by atoms with van der Waals surface area (Å²) in [4.78, 5) is 3.54. The molecule has 192 valence electrons. The Labute approximate surface area is 238 Å². The van der Waals surface area contributed by atoms with Gasteiger partial charge >= 0.3 is 0 Å². The normalized spacial score (nSPS) is 11.0. The molecule has 0 heterocycles. The van der Waals surface area contributed by atoms with Gasteiger partial charge in [-0.3, -0.25) is 0 Å². The molecular formula is C39H24FN. The summed E-state index contributed by atoms with van der Waals surface area (Å²) in [5.41, 5.74) is 8.81. The van der Waals surface area contributed by atoms with Crippen molar-refractivity contribution in [1.82, 2.24) is 0 Å². The van der Waals surface area contributed by atoms with Crippen LogP contribution in [-0.4, -0.2) is 0 Å². The molecule has 0 atom stereocenters. The number of halogens is 1. The van der Waals surface area contributed by atoms with Gasteiger partial charge in [0.1, 0.15) is 5.82 Å². The van der Waals surface area contributed by atoms with Crippen molar-refractivity contribution in [3.63, 3.8) is 0 Å². The minimum atomic E-state index is -0.411. The zero-order chi connectivity index (χ0) is 27.8. The number of rotatable bonds is 4. The summed E-state index contributed by atoms with van der Waals surface area (Å²) in [6.45, 7) is 7.54. The van der Waals surface area contributed by atoms with E-state index < -0.39 is 5.82 Å². The molecular weight excluding hydrogens is 501 g/mol. The molecule has 7 aromatic rings. The highest BCUT2D eigenvalue weighted by atomic mass is 19.1. The fourth-order valence-corrected chi connectivity index (χ4v) is 6.03. The zero-order valence-corrected chi connectivity index (χ0v) is 22.2. The largest absolute Gasteiger partial charge is 0.238 e. The van der Waals surface area contributed by atoms with E-state index in [2.05, 4.69) is 108 Å². The van der Waals surface area contributed by atoms with Crippen LogP contribution in [0.25, 0.3) is 70.9 Å². The quantitative estimate of drug-likeness (QED) is 0.159. The summed E-state index contributed by atoms with van der Waals surface area (Å²) in [7, 11) is 0. The highest BCUT2D eigenvalue weighted by Crippen LogP contribution is 2.49. The fraction of sp³-hybridized carbons (Fsp3) is 0. The predicted octanol–water partition coefficient (Wildman–Crippen LogP) is 11.4. The minimum Gasteiger partial charge on any atom is -0.238 e. The average molecular weight is 526 g/mol. The standard InChI is InChI=1S/C39H24FN/c1-41-30-24-28(23-29(40)25-30)37-33-17-8-10-19-35(33)39(36-20-11-9-18-34(36)37)38-31(26-13-4-2-5-14-26)21-12-22-32(38)27-15-6-3-7-16-27/h2-25H. The molecule has 0 saturated heterocycles. The van der Waals surface area contributed by atoms with Crippen molar-refractivity contribution in [3.05, 3.63) is 163 Å². The Morgan fingerprint density at radius 1 is 0.415 bits per heavy atom. The van der Waals surface area contributed by atoms with Crippen LogP contribution in [0.2, 0.25) is 0 Å². The van der Waals surface area contributed by atoms with Crippen LogP contribution in [0.5, 0.6) is 0 Å². The van der Waals surface area contributed by atoms with Crippen LogP contribution in [0.4, 0.5) is 10.1 Å². The maximum atomic E-state index is 14.8. The molecule has 0 spiro atoms. The summed E-state index contributed by atoms with van der Waals surface area (Å²) in [5, 5.41) is 4.19. The minimum absolute atomic E-state index is 0.290. The van der Waals surface area contributed by atoms with Gasteiger partial charge in [0.15, 0.2) is 5.69 Å². The third-order valence-electron chi connectivity index (χ3n) is 7.72. The van der Waals surface area contributed by atoms with E-state index in [-0.39, 0.29) is 5.69 Å². The van der Waals surface area contributed by atoms with Crippen molar-refractivity contribution in [2.45, 2.75) is 0 Å². The number of nitrogens with zero attached hydrogens (tertiary/aromatic N) is 1. The summed E-state index contributed by atoms with van der Waals surface area (Å²) < 4.78 is 14.8. The second-order valence-corrected chi connectivity index (χ2v) is 10.1. The van der Waals surface area contributed by atoms with Crippen molar-refractivity contribution in [2.24, 2.45) is 0 Å². The van der Waals surface area contributed by atoms with E-state index in [1.165, 1.54) is 12.1 Å². The van der Waals surface area contributed by atoms with E-state index >= 15 is 0 Å². The first kappa shape index (κ1) is 24.5. The van der Waals surface area contributed by atoms with Crippen LogP contribution in [0.1, 0.15) is 0 Å². The molecule has 0 bridgehead atoms. The fourth-order valence-electron chi connectivity index (χ4n) is 6.03. The SMILES string of the molecule is [C-]#[N+]c1cc(F)cc(-c2c3ccccc3c(-c3c(-c4ccccc4)cccc3-c3ccccc3)c3ccccc23)c1. The second kappa shape index (κ2) is 10.2. The van der Waals surface area contributed by atoms with E-state index in [9.17, 15) is 4.39 Å². The third-order valence-corrected chi connectivity index (χ3v) is 7.72. The Morgan fingerprint density at radius 2 is 0.878 bits per heavy atom. The monoisotopic (exact) mass is 525 g/mol. The van der Waals surface area contributed by atoms with E-state index in [1.54, 1.807) is 6.07 Å². The van der Waals surface area contributed by atoms with E-state index in [1.807, 2.05) is 24.3 Å². The van der Waals surface area contributed by atoms with Crippen LogP contribution in [0.15, 0.2) is 146 Å². The van der Waals surface area contributed by atoms with Crippen LogP contribution in [0, 0.1) is 12.4 Å². The first-order valence-corrected chi connectivity index (χ1v) is 13.6. The van der Waals surface area contributed by atoms with Gasteiger partial charge in [-0.2, -0.15) is 0 Å². The molecule has 0 fully saturated rings. The maximum absolute atomic E-state index is 14.8. The molecule has 7 rings (SSSR count). The lowest BCUT2D eigenvalue weighted by atomic mass is 9.81. The van der Waals surface area contributed by atoms with Crippen molar-refractivity contribution in [2.75, 3.05) is 0 Å². The lowest BCUT2D eigenvalue weighted by Gasteiger charge is -2.22. The molecule has 0 aromatic heterocycles. The summed E-state index contributed by atoms with van der Waals surface area (Å²) in [5.74, 6) is -0.411.